The third kappa shape index (κ3) is 6.06. The van der Waals surface area contributed by atoms with Crippen LogP contribution in [-0.2, 0) is 22.6 Å². The van der Waals surface area contributed by atoms with Gasteiger partial charge in [0.2, 0.25) is 5.91 Å². The number of carbonyl (C=O) groups excluding carboxylic acids is 2. The topological polar surface area (TPSA) is 137 Å². The van der Waals surface area contributed by atoms with Gasteiger partial charge in [-0.25, -0.2) is 0 Å². The average molecular weight is 486 g/mol. The number of nitrogens with zero attached hydrogens (tertiary/aromatic N) is 2. The Kier molecular flexibility index (Phi) is 7.60. The van der Waals surface area contributed by atoms with Crippen molar-refractivity contribution in [1.82, 2.24) is 4.90 Å². The number of hydrazone groups is 1. The molecule has 3 aromatic rings. The molecule has 5 N–H and O–H groups in total. The molecule has 0 radical (unpaired) electrons. The van der Waals surface area contributed by atoms with Crippen molar-refractivity contribution in [3.63, 3.8) is 0 Å². The molecule has 1 unspecified atom stereocenters. The van der Waals surface area contributed by atoms with Gasteiger partial charge in [-0.3, -0.25) is 14.4 Å². The number of carboxylic acid groups (broad SMARTS) is 1. The highest BCUT2D eigenvalue weighted by atomic mass is 16.4. The Bertz CT molecular complexity index is 1290. The number of fused-ring (bicyclic) bond motifs is 1. The van der Waals surface area contributed by atoms with E-state index in [2.05, 4.69) is 15.7 Å². The minimum absolute atomic E-state index is 0.283. The summed E-state index contributed by atoms with van der Waals surface area (Å²) in [5.41, 5.74) is 4.15. The van der Waals surface area contributed by atoms with Gasteiger partial charge < -0.3 is 26.5 Å². The summed E-state index contributed by atoms with van der Waals surface area (Å²) in [5.74, 6) is 3.50. The second-order valence-corrected chi connectivity index (χ2v) is 8.52. The van der Waals surface area contributed by atoms with Gasteiger partial charge in [-0.15, -0.1) is 0 Å². The van der Waals surface area contributed by atoms with Crippen LogP contribution in [0.15, 0.2) is 77.9 Å². The van der Waals surface area contributed by atoms with Crippen LogP contribution in [0.4, 0.5) is 11.4 Å². The molecule has 1 aliphatic heterocycles. The zero-order valence-electron chi connectivity index (χ0n) is 19.6. The fraction of sp³-hybridized carbons (Fsp3) is 0.185. The lowest BCUT2D eigenvalue weighted by molar-refractivity contribution is -0.141. The lowest BCUT2D eigenvalue weighted by Crippen LogP contribution is -2.42. The monoisotopic (exact) mass is 485 g/mol. The Morgan fingerprint density at radius 1 is 1.11 bits per heavy atom. The van der Waals surface area contributed by atoms with E-state index >= 15 is 0 Å². The minimum Gasteiger partial charge on any atom is -0.481 e. The number of nitrogens with one attached hydrogen (secondary N) is 2. The number of hydrogen-bond acceptors (Lipinski definition) is 6. The van der Waals surface area contributed by atoms with Crippen LogP contribution in [0.2, 0.25) is 0 Å². The molecular formula is C27H27N5O4. The van der Waals surface area contributed by atoms with Crippen molar-refractivity contribution in [1.29, 1.82) is 0 Å². The van der Waals surface area contributed by atoms with Crippen LogP contribution in [0.1, 0.15) is 33.5 Å². The maximum atomic E-state index is 13.2. The fourth-order valence-corrected chi connectivity index (χ4v) is 4.14. The first kappa shape index (κ1) is 24.5. The average Bonchev–Trinajstić information content (AvgIpc) is 2.99. The number of nitrogens with two attached hydrogens (primary N) is 1. The van der Waals surface area contributed by atoms with Crippen molar-refractivity contribution in [2.24, 2.45) is 10.9 Å². The summed E-state index contributed by atoms with van der Waals surface area (Å²) in [6.45, 7) is 0.761. The smallest absolute Gasteiger partial charge is 0.305 e. The van der Waals surface area contributed by atoms with Gasteiger partial charge in [-0.2, -0.15) is 5.10 Å². The fourth-order valence-electron chi connectivity index (χ4n) is 4.14. The van der Waals surface area contributed by atoms with E-state index < -0.39 is 12.0 Å². The molecule has 4 rings (SSSR count). The number of aliphatic carboxylic acids is 1. The van der Waals surface area contributed by atoms with E-state index in [4.69, 9.17) is 5.84 Å². The predicted octanol–water partition coefficient (Wildman–Crippen LogP) is 3.07. The Hall–Kier alpha value is -4.66. The van der Waals surface area contributed by atoms with E-state index in [1.165, 1.54) is 6.21 Å². The summed E-state index contributed by atoms with van der Waals surface area (Å²) < 4.78 is 0. The number of rotatable bonds is 8. The Balaban J connectivity index is 1.56. The molecule has 1 aliphatic rings. The molecular weight excluding hydrogens is 458 g/mol. The number of carbonyl (C=O) groups is 3. The van der Waals surface area contributed by atoms with E-state index in [1.54, 1.807) is 41.3 Å². The van der Waals surface area contributed by atoms with Gasteiger partial charge in [0.05, 0.1) is 12.6 Å². The number of benzene rings is 3. The van der Waals surface area contributed by atoms with Crippen molar-refractivity contribution < 1.29 is 19.5 Å². The van der Waals surface area contributed by atoms with Crippen LogP contribution in [-0.4, -0.2) is 46.6 Å². The molecule has 1 heterocycles. The predicted molar refractivity (Wildman–Crippen MR) is 138 cm³/mol. The molecule has 0 saturated carbocycles. The molecule has 0 aliphatic carbocycles. The maximum absolute atomic E-state index is 13.2. The molecule has 0 saturated heterocycles. The Morgan fingerprint density at radius 3 is 2.67 bits per heavy atom. The van der Waals surface area contributed by atoms with Crippen LogP contribution in [0.5, 0.6) is 0 Å². The molecule has 9 heteroatoms. The van der Waals surface area contributed by atoms with Gasteiger partial charge in [0, 0.05) is 30.0 Å². The lowest BCUT2D eigenvalue weighted by atomic mass is 10.1. The highest BCUT2D eigenvalue weighted by Crippen LogP contribution is 2.26. The summed E-state index contributed by atoms with van der Waals surface area (Å²) in [6.07, 6.45) is 1.76. The van der Waals surface area contributed by atoms with Crippen LogP contribution in [0.3, 0.4) is 0 Å². The summed E-state index contributed by atoms with van der Waals surface area (Å²) in [4.78, 5) is 39.3. The van der Waals surface area contributed by atoms with Crippen LogP contribution in [0.25, 0.3) is 0 Å². The normalized spacial score (nSPS) is 15.2. The van der Waals surface area contributed by atoms with Crippen molar-refractivity contribution in [3.8, 4) is 0 Å². The van der Waals surface area contributed by atoms with Gasteiger partial charge in [-0.1, -0.05) is 48.5 Å². The molecule has 0 bridgehead atoms. The van der Waals surface area contributed by atoms with Crippen molar-refractivity contribution >= 4 is 35.4 Å². The van der Waals surface area contributed by atoms with Gasteiger partial charge >= 0.3 is 5.97 Å². The molecule has 1 atom stereocenters. The quantitative estimate of drug-likeness (QED) is 0.220. The second kappa shape index (κ2) is 11.2. The van der Waals surface area contributed by atoms with Gasteiger partial charge in [0.1, 0.15) is 6.04 Å². The third-order valence-electron chi connectivity index (χ3n) is 5.93. The maximum Gasteiger partial charge on any atom is 0.305 e. The van der Waals surface area contributed by atoms with Gasteiger partial charge in [0.25, 0.3) is 5.91 Å². The minimum atomic E-state index is -1.08. The van der Waals surface area contributed by atoms with Gasteiger partial charge in [0.15, 0.2) is 0 Å². The molecule has 0 aromatic heterocycles. The van der Waals surface area contributed by atoms with E-state index in [1.807, 2.05) is 36.4 Å². The Morgan fingerprint density at radius 2 is 1.92 bits per heavy atom. The van der Waals surface area contributed by atoms with Crippen LogP contribution >= 0.6 is 0 Å². The van der Waals surface area contributed by atoms with E-state index in [9.17, 15) is 19.5 Å². The standard InChI is InChI=1S/C27H27N5O4/c28-29-16-19-7-4-8-22(13-19)30-26(35)20-9-10-21-17-32(12-11-18-5-2-1-3-6-18)27(36)24(15-25(33)34)31-23(21)14-20/h1-10,13-14,16,24,31H,11-12,15,17,28H2,(H,30,35)(H,33,34). The third-order valence-corrected chi connectivity index (χ3v) is 5.93. The molecule has 0 fully saturated rings. The molecule has 3 aromatic carbocycles. The zero-order valence-corrected chi connectivity index (χ0v) is 19.6. The first-order valence-corrected chi connectivity index (χ1v) is 11.5. The SMILES string of the molecule is NN=Cc1cccc(NC(=O)c2ccc3c(c2)NC(CC(=O)O)C(=O)N(CCc2ccccc2)C3)c1. The van der Waals surface area contributed by atoms with E-state index in [-0.39, 0.29) is 18.2 Å². The summed E-state index contributed by atoms with van der Waals surface area (Å²) in [6, 6.07) is 21.1. The largest absolute Gasteiger partial charge is 0.481 e. The Labute approximate surface area is 208 Å². The number of anilines is 2. The van der Waals surface area contributed by atoms with Crippen molar-refractivity contribution in [3.05, 3.63) is 95.1 Å². The van der Waals surface area contributed by atoms with Gasteiger partial charge in [-0.05, 0) is 47.4 Å². The van der Waals surface area contributed by atoms with Crippen molar-refractivity contribution in [2.45, 2.75) is 25.4 Å². The molecule has 184 valence electrons. The molecule has 36 heavy (non-hydrogen) atoms. The first-order valence-electron chi connectivity index (χ1n) is 11.5. The molecule has 2 amide bonds. The summed E-state index contributed by atoms with van der Waals surface area (Å²) in [5, 5.41) is 18.8. The number of amides is 2. The molecule has 9 nitrogen and oxygen atoms in total. The van der Waals surface area contributed by atoms with Crippen LogP contribution < -0.4 is 16.5 Å². The number of hydrogen-bond donors (Lipinski definition) is 4. The molecule has 0 spiro atoms. The first-order chi connectivity index (χ1) is 17.4. The highest BCUT2D eigenvalue weighted by molar-refractivity contribution is 6.05. The second-order valence-electron chi connectivity index (χ2n) is 8.52. The summed E-state index contributed by atoms with van der Waals surface area (Å²) in [7, 11) is 0. The van der Waals surface area contributed by atoms with Crippen molar-refractivity contribution in [2.75, 3.05) is 17.2 Å². The summed E-state index contributed by atoms with van der Waals surface area (Å²) >= 11 is 0. The van der Waals surface area contributed by atoms with E-state index in [0.29, 0.717) is 36.4 Å². The van der Waals surface area contributed by atoms with Crippen LogP contribution in [0, 0.1) is 0 Å². The highest BCUT2D eigenvalue weighted by Gasteiger charge is 2.31. The van der Waals surface area contributed by atoms with E-state index in [0.717, 1.165) is 16.7 Å². The number of carboxylic acids is 1. The lowest BCUT2D eigenvalue weighted by Gasteiger charge is -2.24. The zero-order chi connectivity index (χ0) is 25.5.